The molecule has 0 aromatic heterocycles. The van der Waals surface area contributed by atoms with Crippen LogP contribution in [0.15, 0.2) is 24.3 Å². The average Bonchev–Trinajstić information content (AvgIpc) is 2.20. The van der Waals surface area contributed by atoms with Crippen molar-refractivity contribution in [3.05, 3.63) is 30.3 Å². The largest absolute Gasteiger partial charge is 0.382 e. The van der Waals surface area contributed by atoms with E-state index in [4.69, 9.17) is 0 Å². The quantitative estimate of drug-likeness (QED) is 0.718. The molecule has 0 spiro atoms. The Kier molecular flexibility index (Phi) is 5.13. The molecule has 1 N–H and O–H groups in total. The van der Waals surface area contributed by atoms with Crippen LogP contribution in [0.1, 0.15) is 39.5 Å². The molecule has 14 heavy (non-hydrogen) atoms. The van der Waals surface area contributed by atoms with Crippen LogP contribution in [0, 0.1) is 6.07 Å². The summed E-state index contributed by atoms with van der Waals surface area (Å²) in [5.41, 5.74) is 1.12. The van der Waals surface area contributed by atoms with Crippen molar-refractivity contribution in [2.24, 2.45) is 0 Å². The van der Waals surface area contributed by atoms with Crippen molar-refractivity contribution >= 4 is 5.69 Å². The lowest BCUT2D eigenvalue weighted by Crippen LogP contribution is -2.18. The third-order valence-electron chi connectivity index (χ3n) is 2.34. The summed E-state index contributed by atoms with van der Waals surface area (Å²) in [6.45, 7) is 4.47. The van der Waals surface area contributed by atoms with Crippen LogP contribution in [0.5, 0.6) is 0 Å². The van der Waals surface area contributed by atoms with Crippen LogP contribution in [-0.2, 0) is 0 Å². The number of hydrogen-bond donors (Lipinski definition) is 1. The van der Waals surface area contributed by atoms with E-state index in [0.717, 1.165) is 5.69 Å². The Morgan fingerprint density at radius 2 is 1.93 bits per heavy atom. The van der Waals surface area contributed by atoms with Crippen LogP contribution in [0.3, 0.4) is 0 Å². The van der Waals surface area contributed by atoms with Crippen LogP contribution in [-0.4, -0.2) is 6.04 Å². The molecule has 0 atom stereocenters. The van der Waals surface area contributed by atoms with Crippen molar-refractivity contribution in [2.45, 2.75) is 45.6 Å². The number of anilines is 1. The molecule has 1 rings (SSSR count). The van der Waals surface area contributed by atoms with Crippen LogP contribution in [0.4, 0.5) is 5.69 Å². The van der Waals surface area contributed by atoms with E-state index >= 15 is 0 Å². The lowest BCUT2D eigenvalue weighted by molar-refractivity contribution is 0.586. The Bertz CT molecular complexity index is 224. The fourth-order valence-corrected chi connectivity index (χ4v) is 1.69. The number of benzene rings is 1. The van der Waals surface area contributed by atoms with Crippen molar-refractivity contribution < 1.29 is 0 Å². The van der Waals surface area contributed by atoms with Gasteiger partial charge in [0.15, 0.2) is 0 Å². The molecule has 0 amide bonds. The van der Waals surface area contributed by atoms with Crippen LogP contribution >= 0.6 is 0 Å². The van der Waals surface area contributed by atoms with E-state index in [1.54, 1.807) is 0 Å². The SMILES string of the molecule is CCCC(CCC)Nc1[c]cccc1. The molecule has 0 aliphatic heterocycles. The number of rotatable bonds is 6. The first-order valence-electron chi connectivity index (χ1n) is 5.60. The monoisotopic (exact) mass is 190 g/mol. The first-order valence-corrected chi connectivity index (χ1v) is 5.60. The zero-order chi connectivity index (χ0) is 10.2. The van der Waals surface area contributed by atoms with Gasteiger partial charge in [-0.05, 0) is 18.9 Å². The van der Waals surface area contributed by atoms with Gasteiger partial charge in [0.05, 0.1) is 0 Å². The standard InChI is InChI=1S/C13H20N/c1-3-8-12(9-4-2)14-13-10-6-5-7-11-13/h5-7,10,12,14H,3-4,8-9H2,1-2H3. The molecule has 77 valence electrons. The molecule has 1 nitrogen and oxygen atoms in total. The summed E-state index contributed by atoms with van der Waals surface area (Å²) in [6, 6.07) is 11.9. The average molecular weight is 190 g/mol. The van der Waals surface area contributed by atoms with E-state index in [1.165, 1.54) is 25.7 Å². The highest BCUT2D eigenvalue weighted by Gasteiger charge is 2.05. The fraction of sp³-hybridized carbons (Fsp3) is 0.538. The molecule has 1 aromatic rings. The summed E-state index contributed by atoms with van der Waals surface area (Å²) in [6.07, 6.45) is 4.97. The van der Waals surface area contributed by atoms with Crippen molar-refractivity contribution in [3.63, 3.8) is 0 Å². The summed E-state index contributed by atoms with van der Waals surface area (Å²) in [4.78, 5) is 0. The van der Waals surface area contributed by atoms with Gasteiger partial charge in [0.25, 0.3) is 0 Å². The zero-order valence-electron chi connectivity index (χ0n) is 9.22. The van der Waals surface area contributed by atoms with E-state index in [-0.39, 0.29) is 0 Å². The molecule has 0 aliphatic carbocycles. The fourth-order valence-electron chi connectivity index (χ4n) is 1.69. The van der Waals surface area contributed by atoms with E-state index in [2.05, 4.69) is 31.3 Å². The maximum atomic E-state index is 3.53. The predicted octanol–water partition coefficient (Wildman–Crippen LogP) is 3.87. The minimum absolute atomic E-state index is 0.614. The van der Waals surface area contributed by atoms with Crippen molar-refractivity contribution in [1.82, 2.24) is 0 Å². The molecule has 1 aromatic carbocycles. The Hall–Kier alpha value is -0.980. The second kappa shape index (κ2) is 6.47. The highest BCUT2D eigenvalue weighted by molar-refractivity contribution is 5.42. The molecular weight excluding hydrogens is 170 g/mol. The van der Waals surface area contributed by atoms with E-state index in [0.29, 0.717) is 6.04 Å². The summed E-state index contributed by atoms with van der Waals surface area (Å²) in [5, 5.41) is 3.53. The van der Waals surface area contributed by atoms with Crippen LogP contribution in [0.25, 0.3) is 0 Å². The summed E-state index contributed by atoms with van der Waals surface area (Å²) >= 11 is 0. The van der Waals surface area contributed by atoms with Crippen molar-refractivity contribution in [3.8, 4) is 0 Å². The summed E-state index contributed by atoms with van der Waals surface area (Å²) in [5.74, 6) is 0. The van der Waals surface area contributed by atoms with Gasteiger partial charge in [0.1, 0.15) is 0 Å². The Balaban J connectivity index is 2.46. The third kappa shape index (κ3) is 3.82. The zero-order valence-corrected chi connectivity index (χ0v) is 9.22. The van der Waals surface area contributed by atoms with E-state index < -0.39 is 0 Å². The van der Waals surface area contributed by atoms with E-state index in [1.807, 2.05) is 18.2 Å². The van der Waals surface area contributed by atoms with Gasteiger partial charge in [-0.25, -0.2) is 0 Å². The van der Waals surface area contributed by atoms with Gasteiger partial charge in [-0.1, -0.05) is 44.9 Å². The maximum absolute atomic E-state index is 3.53. The van der Waals surface area contributed by atoms with E-state index in [9.17, 15) is 0 Å². The second-order valence-electron chi connectivity index (χ2n) is 3.69. The molecule has 0 saturated carbocycles. The van der Waals surface area contributed by atoms with Gasteiger partial charge in [0, 0.05) is 17.8 Å². The normalized spacial score (nSPS) is 10.5. The molecule has 0 saturated heterocycles. The predicted molar refractivity (Wildman–Crippen MR) is 62.5 cm³/mol. The van der Waals surface area contributed by atoms with Crippen LogP contribution < -0.4 is 5.32 Å². The number of para-hydroxylation sites is 1. The Morgan fingerprint density at radius 3 is 2.43 bits per heavy atom. The topological polar surface area (TPSA) is 12.0 Å². The smallest absolute Gasteiger partial charge is 0.0422 e. The van der Waals surface area contributed by atoms with Crippen molar-refractivity contribution in [2.75, 3.05) is 5.32 Å². The molecule has 0 fully saturated rings. The molecular formula is C13H20N. The van der Waals surface area contributed by atoms with Gasteiger partial charge in [-0.3, -0.25) is 0 Å². The first kappa shape index (κ1) is 11.1. The lowest BCUT2D eigenvalue weighted by Gasteiger charge is -2.18. The maximum Gasteiger partial charge on any atom is 0.0422 e. The molecule has 1 heteroatoms. The third-order valence-corrected chi connectivity index (χ3v) is 2.34. The summed E-state index contributed by atoms with van der Waals surface area (Å²) in [7, 11) is 0. The Labute approximate surface area is 87.5 Å². The highest BCUT2D eigenvalue weighted by Crippen LogP contribution is 2.12. The number of nitrogens with one attached hydrogen (secondary N) is 1. The molecule has 0 unspecified atom stereocenters. The molecule has 0 heterocycles. The minimum Gasteiger partial charge on any atom is -0.382 e. The highest BCUT2D eigenvalue weighted by atomic mass is 14.9. The molecule has 0 aliphatic rings. The van der Waals surface area contributed by atoms with Gasteiger partial charge in [-0.2, -0.15) is 0 Å². The van der Waals surface area contributed by atoms with Gasteiger partial charge in [-0.15, -0.1) is 0 Å². The van der Waals surface area contributed by atoms with Gasteiger partial charge in [0.2, 0.25) is 0 Å². The van der Waals surface area contributed by atoms with Gasteiger partial charge >= 0.3 is 0 Å². The summed E-state index contributed by atoms with van der Waals surface area (Å²) < 4.78 is 0. The minimum atomic E-state index is 0.614. The second-order valence-corrected chi connectivity index (χ2v) is 3.69. The molecule has 0 bridgehead atoms. The first-order chi connectivity index (χ1) is 6.86. The lowest BCUT2D eigenvalue weighted by atomic mass is 10.1. The van der Waals surface area contributed by atoms with Crippen LogP contribution in [0.2, 0.25) is 0 Å². The van der Waals surface area contributed by atoms with Crippen molar-refractivity contribution in [1.29, 1.82) is 0 Å². The Morgan fingerprint density at radius 1 is 1.21 bits per heavy atom. The number of hydrogen-bond acceptors (Lipinski definition) is 1. The van der Waals surface area contributed by atoms with Gasteiger partial charge < -0.3 is 5.32 Å². The molecule has 1 radical (unpaired) electrons.